The number of hydrogen-bond acceptors (Lipinski definition) is 4. The minimum absolute atomic E-state index is 0.0857. The Morgan fingerprint density at radius 3 is 2.50 bits per heavy atom. The summed E-state index contributed by atoms with van der Waals surface area (Å²) in [7, 11) is 0. The van der Waals surface area contributed by atoms with Gasteiger partial charge in [0, 0.05) is 28.9 Å². The lowest BCUT2D eigenvalue weighted by atomic mass is 10.1. The van der Waals surface area contributed by atoms with Crippen molar-refractivity contribution in [2.24, 2.45) is 0 Å². The number of anilines is 2. The van der Waals surface area contributed by atoms with E-state index in [-0.39, 0.29) is 17.8 Å². The molecular weight excluding hydrogens is 331 g/mol. The van der Waals surface area contributed by atoms with Crippen molar-refractivity contribution in [3.8, 4) is 11.3 Å². The fourth-order valence-corrected chi connectivity index (χ4v) is 2.43. The van der Waals surface area contributed by atoms with Crippen LogP contribution < -0.4 is 10.6 Å². The topological polar surface area (TPSA) is 66.9 Å². The summed E-state index contributed by atoms with van der Waals surface area (Å²) >= 11 is 0. The van der Waals surface area contributed by atoms with E-state index in [4.69, 9.17) is 0 Å². The molecule has 2 aromatic carbocycles. The molecular formula is C20H19FN4O. The van der Waals surface area contributed by atoms with Crippen molar-refractivity contribution in [3.05, 3.63) is 72.3 Å². The number of hydrogen-bond donors (Lipinski definition) is 2. The maximum Gasteiger partial charge on any atom is 0.251 e. The highest BCUT2D eigenvalue weighted by Crippen LogP contribution is 2.22. The molecule has 0 unspecified atom stereocenters. The van der Waals surface area contributed by atoms with Gasteiger partial charge in [0.15, 0.2) is 0 Å². The zero-order chi connectivity index (χ0) is 18.5. The number of carbonyl (C=O) groups excluding carboxylic acids is 1. The van der Waals surface area contributed by atoms with E-state index in [1.165, 1.54) is 18.5 Å². The van der Waals surface area contributed by atoms with Crippen molar-refractivity contribution in [1.82, 2.24) is 15.3 Å². The first kappa shape index (κ1) is 17.5. The minimum atomic E-state index is -0.314. The summed E-state index contributed by atoms with van der Waals surface area (Å²) in [5.74, 6) is 0.159. The molecule has 3 rings (SSSR count). The normalized spacial score (nSPS) is 10.6. The third-order valence-electron chi connectivity index (χ3n) is 3.63. The number of halogens is 1. The first-order valence-electron chi connectivity index (χ1n) is 8.27. The van der Waals surface area contributed by atoms with Gasteiger partial charge in [0.1, 0.15) is 18.0 Å². The van der Waals surface area contributed by atoms with Gasteiger partial charge in [0.2, 0.25) is 0 Å². The van der Waals surface area contributed by atoms with Crippen molar-refractivity contribution in [2.75, 3.05) is 5.32 Å². The summed E-state index contributed by atoms with van der Waals surface area (Å²) < 4.78 is 13.4. The van der Waals surface area contributed by atoms with Gasteiger partial charge in [-0.25, -0.2) is 14.4 Å². The van der Waals surface area contributed by atoms with E-state index in [2.05, 4.69) is 20.6 Å². The van der Waals surface area contributed by atoms with Gasteiger partial charge < -0.3 is 10.6 Å². The van der Waals surface area contributed by atoms with Gasteiger partial charge in [0.05, 0.1) is 5.69 Å². The molecule has 6 heteroatoms. The molecule has 3 aromatic rings. The van der Waals surface area contributed by atoms with Crippen LogP contribution in [0.1, 0.15) is 24.2 Å². The molecule has 1 heterocycles. The minimum Gasteiger partial charge on any atom is -0.350 e. The van der Waals surface area contributed by atoms with Gasteiger partial charge in [-0.15, -0.1) is 0 Å². The molecule has 26 heavy (non-hydrogen) atoms. The van der Waals surface area contributed by atoms with E-state index in [1.807, 2.05) is 13.8 Å². The molecule has 0 aliphatic rings. The highest BCUT2D eigenvalue weighted by Gasteiger charge is 2.07. The number of carbonyl (C=O) groups is 1. The first-order valence-corrected chi connectivity index (χ1v) is 8.27. The Labute approximate surface area is 151 Å². The van der Waals surface area contributed by atoms with Crippen molar-refractivity contribution < 1.29 is 9.18 Å². The summed E-state index contributed by atoms with van der Waals surface area (Å²) in [5.41, 5.74) is 2.67. The lowest BCUT2D eigenvalue weighted by Gasteiger charge is -2.10. The average molecular weight is 350 g/mol. The number of aromatic nitrogens is 2. The van der Waals surface area contributed by atoms with Crippen LogP contribution in [0.5, 0.6) is 0 Å². The SMILES string of the molecule is CC(C)NC(=O)c1ccc(Nc2cc(-c3cccc(F)c3)ncn2)cc1. The standard InChI is InChI=1S/C20H19FN4O/c1-13(2)24-20(26)14-6-8-17(9-7-14)25-19-11-18(22-12-23-19)15-4-3-5-16(21)10-15/h3-13H,1-2H3,(H,24,26)(H,22,23,25). The molecule has 0 aliphatic heterocycles. The molecule has 2 N–H and O–H groups in total. The monoisotopic (exact) mass is 350 g/mol. The van der Waals surface area contributed by atoms with Crippen LogP contribution in [0.15, 0.2) is 60.9 Å². The summed E-state index contributed by atoms with van der Waals surface area (Å²) in [6.07, 6.45) is 1.42. The van der Waals surface area contributed by atoms with E-state index in [0.717, 1.165) is 5.69 Å². The van der Waals surface area contributed by atoms with E-state index in [1.54, 1.807) is 42.5 Å². The second-order valence-corrected chi connectivity index (χ2v) is 6.13. The molecule has 0 saturated carbocycles. The predicted molar refractivity (Wildman–Crippen MR) is 99.8 cm³/mol. The zero-order valence-electron chi connectivity index (χ0n) is 14.5. The second-order valence-electron chi connectivity index (χ2n) is 6.13. The van der Waals surface area contributed by atoms with Crippen molar-refractivity contribution in [1.29, 1.82) is 0 Å². The lowest BCUT2D eigenvalue weighted by molar-refractivity contribution is 0.0943. The van der Waals surface area contributed by atoms with Crippen LogP contribution in [0.4, 0.5) is 15.9 Å². The number of rotatable bonds is 5. The molecule has 0 atom stereocenters. The molecule has 0 radical (unpaired) electrons. The molecule has 0 saturated heterocycles. The maximum absolute atomic E-state index is 13.4. The highest BCUT2D eigenvalue weighted by atomic mass is 19.1. The number of nitrogens with one attached hydrogen (secondary N) is 2. The summed E-state index contributed by atoms with van der Waals surface area (Å²) in [4.78, 5) is 20.3. The molecule has 1 amide bonds. The number of amides is 1. The third-order valence-corrected chi connectivity index (χ3v) is 3.63. The maximum atomic E-state index is 13.4. The van der Waals surface area contributed by atoms with Gasteiger partial charge in [0.25, 0.3) is 5.91 Å². The zero-order valence-corrected chi connectivity index (χ0v) is 14.5. The Bertz CT molecular complexity index is 910. The fourth-order valence-electron chi connectivity index (χ4n) is 2.43. The van der Waals surface area contributed by atoms with Gasteiger partial charge in [-0.1, -0.05) is 12.1 Å². The Kier molecular flexibility index (Phi) is 5.22. The van der Waals surface area contributed by atoms with Crippen LogP contribution >= 0.6 is 0 Å². The Balaban J connectivity index is 1.75. The summed E-state index contributed by atoms with van der Waals surface area (Å²) in [5, 5.41) is 6.01. The van der Waals surface area contributed by atoms with E-state index >= 15 is 0 Å². The summed E-state index contributed by atoms with van der Waals surface area (Å²) in [6, 6.07) is 15.2. The van der Waals surface area contributed by atoms with E-state index in [9.17, 15) is 9.18 Å². The van der Waals surface area contributed by atoms with Gasteiger partial charge in [-0.2, -0.15) is 0 Å². The lowest BCUT2D eigenvalue weighted by Crippen LogP contribution is -2.29. The average Bonchev–Trinajstić information content (AvgIpc) is 2.62. The molecule has 132 valence electrons. The Morgan fingerprint density at radius 2 is 1.81 bits per heavy atom. The van der Waals surface area contributed by atoms with Crippen LogP contribution in [-0.2, 0) is 0 Å². The largest absolute Gasteiger partial charge is 0.350 e. The van der Waals surface area contributed by atoms with E-state index < -0.39 is 0 Å². The van der Waals surface area contributed by atoms with Crippen molar-refractivity contribution >= 4 is 17.4 Å². The van der Waals surface area contributed by atoms with Gasteiger partial charge >= 0.3 is 0 Å². The van der Waals surface area contributed by atoms with Crippen LogP contribution in [-0.4, -0.2) is 21.9 Å². The molecule has 1 aromatic heterocycles. The molecule has 0 aliphatic carbocycles. The second kappa shape index (κ2) is 7.74. The van der Waals surface area contributed by atoms with Gasteiger partial charge in [-0.3, -0.25) is 4.79 Å². The Hall–Kier alpha value is -3.28. The number of nitrogens with zero attached hydrogens (tertiary/aromatic N) is 2. The highest BCUT2D eigenvalue weighted by molar-refractivity contribution is 5.94. The molecule has 0 bridgehead atoms. The van der Waals surface area contributed by atoms with Crippen LogP contribution in [0.25, 0.3) is 11.3 Å². The third kappa shape index (κ3) is 4.42. The van der Waals surface area contributed by atoms with Crippen LogP contribution in [0.3, 0.4) is 0 Å². The fraction of sp³-hybridized carbons (Fsp3) is 0.150. The summed E-state index contributed by atoms with van der Waals surface area (Å²) in [6.45, 7) is 3.83. The van der Waals surface area contributed by atoms with Crippen LogP contribution in [0.2, 0.25) is 0 Å². The quantitative estimate of drug-likeness (QED) is 0.725. The van der Waals surface area contributed by atoms with Crippen molar-refractivity contribution in [3.63, 3.8) is 0 Å². The predicted octanol–water partition coefficient (Wildman–Crippen LogP) is 4.16. The first-order chi connectivity index (χ1) is 12.5. The van der Waals surface area contributed by atoms with Crippen LogP contribution in [0, 0.1) is 5.82 Å². The molecule has 0 fully saturated rings. The Morgan fingerprint density at radius 1 is 1.04 bits per heavy atom. The smallest absolute Gasteiger partial charge is 0.251 e. The number of benzene rings is 2. The van der Waals surface area contributed by atoms with Crippen molar-refractivity contribution in [2.45, 2.75) is 19.9 Å². The molecule has 0 spiro atoms. The van der Waals surface area contributed by atoms with Gasteiger partial charge in [-0.05, 0) is 50.2 Å². The molecule has 5 nitrogen and oxygen atoms in total. The van der Waals surface area contributed by atoms with E-state index in [0.29, 0.717) is 22.6 Å².